The van der Waals surface area contributed by atoms with E-state index < -0.39 is 0 Å². The Morgan fingerprint density at radius 2 is 1.95 bits per heavy atom. The highest BCUT2D eigenvalue weighted by Gasteiger charge is 2.12. The zero-order valence-corrected chi connectivity index (χ0v) is 12.9. The van der Waals surface area contributed by atoms with E-state index in [1.54, 1.807) is 12.1 Å². The molecule has 0 unspecified atom stereocenters. The first-order chi connectivity index (χ1) is 9.61. The van der Waals surface area contributed by atoms with Crippen molar-refractivity contribution in [1.82, 2.24) is 9.97 Å². The first-order valence-electron chi connectivity index (χ1n) is 6.70. The summed E-state index contributed by atoms with van der Waals surface area (Å²) < 4.78 is 0.918. The third-order valence-corrected chi connectivity index (χ3v) is 3.63. The van der Waals surface area contributed by atoms with Gasteiger partial charge in [0.1, 0.15) is 11.4 Å². The van der Waals surface area contributed by atoms with E-state index in [-0.39, 0.29) is 17.0 Å². The van der Waals surface area contributed by atoms with Crippen LogP contribution in [0.1, 0.15) is 32.0 Å². The van der Waals surface area contributed by atoms with Crippen LogP contribution in [0.4, 0.5) is 0 Å². The topological polar surface area (TPSA) is 66.0 Å². The standard InChI is InChI=1S/C15H17BrN2O2/c1-2-3-4-5-12-17-14(19)13(15(20)18-12)10-6-8-11(16)9-7-10/h6-9H,2-5H2,1H3,(H2,17,18,19,20). The maximum absolute atomic E-state index is 12.1. The van der Waals surface area contributed by atoms with E-state index in [9.17, 15) is 9.90 Å². The molecule has 0 spiro atoms. The molecule has 1 aromatic heterocycles. The molecule has 0 aliphatic carbocycles. The number of unbranched alkanes of at least 4 members (excludes halogenated alkanes) is 2. The molecule has 1 heterocycles. The van der Waals surface area contributed by atoms with Gasteiger partial charge in [-0.3, -0.25) is 4.79 Å². The molecule has 0 aliphatic heterocycles. The van der Waals surface area contributed by atoms with Crippen LogP contribution >= 0.6 is 15.9 Å². The molecule has 0 aliphatic rings. The molecule has 2 rings (SSSR count). The Morgan fingerprint density at radius 3 is 2.55 bits per heavy atom. The van der Waals surface area contributed by atoms with Crippen molar-refractivity contribution in [3.63, 3.8) is 0 Å². The molecule has 1 aromatic carbocycles. The molecule has 106 valence electrons. The Bertz CT molecular complexity index is 635. The summed E-state index contributed by atoms with van der Waals surface area (Å²) in [6, 6.07) is 7.19. The second-order valence-electron chi connectivity index (χ2n) is 4.68. The van der Waals surface area contributed by atoms with Crippen LogP contribution in [0.5, 0.6) is 5.88 Å². The van der Waals surface area contributed by atoms with Gasteiger partial charge in [0.25, 0.3) is 5.56 Å². The summed E-state index contributed by atoms with van der Waals surface area (Å²) in [5, 5.41) is 10.0. The van der Waals surface area contributed by atoms with Crippen molar-refractivity contribution in [3.8, 4) is 17.0 Å². The lowest BCUT2D eigenvalue weighted by atomic mass is 10.1. The fraction of sp³-hybridized carbons (Fsp3) is 0.333. The largest absolute Gasteiger partial charge is 0.493 e. The van der Waals surface area contributed by atoms with Crippen LogP contribution in [-0.2, 0) is 6.42 Å². The van der Waals surface area contributed by atoms with Gasteiger partial charge in [-0.15, -0.1) is 0 Å². The van der Waals surface area contributed by atoms with Crippen molar-refractivity contribution in [1.29, 1.82) is 0 Å². The molecular weight excluding hydrogens is 320 g/mol. The van der Waals surface area contributed by atoms with Gasteiger partial charge in [-0.1, -0.05) is 47.8 Å². The number of hydrogen-bond donors (Lipinski definition) is 2. The highest BCUT2D eigenvalue weighted by Crippen LogP contribution is 2.24. The third kappa shape index (κ3) is 3.48. The van der Waals surface area contributed by atoms with Crippen molar-refractivity contribution in [2.75, 3.05) is 0 Å². The highest BCUT2D eigenvalue weighted by atomic mass is 79.9. The van der Waals surface area contributed by atoms with E-state index in [0.29, 0.717) is 17.8 Å². The summed E-state index contributed by atoms with van der Waals surface area (Å²) in [5.41, 5.74) is 0.572. The van der Waals surface area contributed by atoms with E-state index in [1.807, 2.05) is 12.1 Å². The van der Waals surface area contributed by atoms with Crippen LogP contribution in [0.15, 0.2) is 33.5 Å². The highest BCUT2D eigenvalue weighted by molar-refractivity contribution is 9.10. The summed E-state index contributed by atoms with van der Waals surface area (Å²) in [6.07, 6.45) is 3.82. The minimum atomic E-state index is -0.300. The zero-order valence-electron chi connectivity index (χ0n) is 11.3. The quantitative estimate of drug-likeness (QED) is 0.819. The first-order valence-corrected chi connectivity index (χ1v) is 7.49. The molecule has 0 atom stereocenters. The number of aromatic amines is 1. The summed E-state index contributed by atoms with van der Waals surface area (Å²) in [4.78, 5) is 19.0. The summed E-state index contributed by atoms with van der Waals surface area (Å²) in [6.45, 7) is 2.12. The van der Waals surface area contributed by atoms with Gasteiger partial charge in [0.15, 0.2) is 0 Å². The zero-order chi connectivity index (χ0) is 14.5. The van der Waals surface area contributed by atoms with Gasteiger partial charge in [0.05, 0.1) is 0 Å². The molecule has 20 heavy (non-hydrogen) atoms. The summed E-state index contributed by atoms with van der Waals surface area (Å²) >= 11 is 3.34. The van der Waals surface area contributed by atoms with Gasteiger partial charge < -0.3 is 10.1 Å². The number of aromatic hydroxyl groups is 1. The number of H-pyrrole nitrogens is 1. The first kappa shape index (κ1) is 14.8. The van der Waals surface area contributed by atoms with Gasteiger partial charge in [-0.05, 0) is 24.1 Å². The van der Waals surface area contributed by atoms with Gasteiger partial charge in [-0.2, -0.15) is 4.98 Å². The van der Waals surface area contributed by atoms with Crippen molar-refractivity contribution in [3.05, 3.63) is 44.9 Å². The Morgan fingerprint density at radius 1 is 1.25 bits per heavy atom. The van der Waals surface area contributed by atoms with E-state index in [0.717, 1.165) is 23.7 Å². The number of aromatic nitrogens is 2. The van der Waals surface area contributed by atoms with Crippen molar-refractivity contribution in [2.45, 2.75) is 32.6 Å². The predicted molar refractivity (Wildman–Crippen MR) is 82.9 cm³/mol. The second-order valence-corrected chi connectivity index (χ2v) is 5.59. The number of halogens is 1. The molecule has 0 radical (unpaired) electrons. The smallest absolute Gasteiger partial charge is 0.262 e. The minimum Gasteiger partial charge on any atom is -0.493 e. The van der Waals surface area contributed by atoms with Crippen LogP contribution in [0.2, 0.25) is 0 Å². The molecule has 4 nitrogen and oxygen atoms in total. The average molecular weight is 337 g/mol. The molecule has 0 amide bonds. The van der Waals surface area contributed by atoms with Gasteiger partial charge in [0, 0.05) is 10.9 Å². The maximum Gasteiger partial charge on any atom is 0.262 e. The number of benzene rings is 1. The average Bonchev–Trinajstić information content (AvgIpc) is 2.40. The summed E-state index contributed by atoms with van der Waals surface area (Å²) in [7, 11) is 0. The van der Waals surface area contributed by atoms with Crippen LogP contribution in [0, 0.1) is 0 Å². The van der Waals surface area contributed by atoms with Crippen molar-refractivity contribution < 1.29 is 5.11 Å². The van der Waals surface area contributed by atoms with E-state index in [2.05, 4.69) is 32.8 Å². The Hall–Kier alpha value is -1.62. The fourth-order valence-corrected chi connectivity index (χ4v) is 2.31. The maximum atomic E-state index is 12.1. The molecule has 5 heteroatoms. The van der Waals surface area contributed by atoms with Gasteiger partial charge in [-0.25, -0.2) is 0 Å². The van der Waals surface area contributed by atoms with E-state index >= 15 is 0 Å². The van der Waals surface area contributed by atoms with E-state index in [1.165, 1.54) is 0 Å². The normalized spacial score (nSPS) is 10.7. The molecule has 2 aromatic rings. The number of aryl methyl sites for hydroxylation is 1. The van der Waals surface area contributed by atoms with Gasteiger partial charge in [0.2, 0.25) is 5.88 Å². The Labute approximate surface area is 126 Å². The minimum absolute atomic E-state index is 0.206. The lowest BCUT2D eigenvalue weighted by Crippen LogP contribution is -2.14. The molecule has 0 bridgehead atoms. The second kappa shape index (κ2) is 6.70. The Kier molecular flexibility index (Phi) is 4.95. The number of nitrogens with zero attached hydrogens (tertiary/aromatic N) is 1. The lowest BCUT2D eigenvalue weighted by Gasteiger charge is -2.06. The van der Waals surface area contributed by atoms with Crippen molar-refractivity contribution >= 4 is 15.9 Å². The van der Waals surface area contributed by atoms with Crippen molar-refractivity contribution in [2.24, 2.45) is 0 Å². The number of rotatable bonds is 5. The molecule has 2 N–H and O–H groups in total. The van der Waals surface area contributed by atoms with Crippen LogP contribution < -0.4 is 5.56 Å². The third-order valence-electron chi connectivity index (χ3n) is 3.10. The molecule has 0 saturated carbocycles. The monoisotopic (exact) mass is 336 g/mol. The lowest BCUT2D eigenvalue weighted by molar-refractivity contribution is 0.449. The van der Waals surface area contributed by atoms with E-state index in [4.69, 9.17) is 0 Å². The van der Waals surface area contributed by atoms with Crippen LogP contribution in [0.3, 0.4) is 0 Å². The van der Waals surface area contributed by atoms with Crippen LogP contribution in [0.25, 0.3) is 11.1 Å². The van der Waals surface area contributed by atoms with Gasteiger partial charge >= 0.3 is 0 Å². The van der Waals surface area contributed by atoms with Crippen LogP contribution in [-0.4, -0.2) is 15.1 Å². The number of hydrogen-bond acceptors (Lipinski definition) is 3. The summed E-state index contributed by atoms with van der Waals surface area (Å²) in [5.74, 6) is 0.337. The Balaban J connectivity index is 2.31. The number of nitrogens with one attached hydrogen (secondary N) is 1. The molecule has 0 saturated heterocycles. The molecular formula is C15H17BrN2O2. The fourth-order valence-electron chi connectivity index (χ4n) is 2.04. The predicted octanol–water partition coefficient (Wildman–Crippen LogP) is 3.64. The SMILES string of the molecule is CCCCCc1nc(O)c(-c2ccc(Br)cc2)c(=O)[nH]1. The molecule has 0 fully saturated rings.